The van der Waals surface area contributed by atoms with Gasteiger partial charge in [0.1, 0.15) is 11.6 Å². The molecule has 3 fully saturated rings. The molecule has 3 heterocycles. The van der Waals surface area contributed by atoms with Crippen molar-refractivity contribution in [2.45, 2.75) is 64.1 Å². The summed E-state index contributed by atoms with van der Waals surface area (Å²) < 4.78 is 27.5. The van der Waals surface area contributed by atoms with Gasteiger partial charge >= 0.3 is 0 Å². The molecule has 1 amide bonds. The van der Waals surface area contributed by atoms with Crippen LogP contribution in [0.25, 0.3) is 0 Å². The molecular formula is C29H37F2N3O. The lowest BCUT2D eigenvalue weighted by molar-refractivity contribution is -0.131. The van der Waals surface area contributed by atoms with Crippen LogP contribution in [0.3, 0.4) is 0 Å². The molecule has 2 atom stereocenters. The van der Waals surface area contributed by atoms with E-state index >= 15 is 0 Å². The summed E-state index contributed by atoms with van der Waals surface area (Å²) in [5.41, 5.74) is 2.12. The number of nitrogens with zero attached hydrogens (tertiary/aromatic N) is 3. The van der Waals surface area contributed by atoms with Gasteiger partial charge in [0.2, 0.25) is 5.91 Å². The molecule has 2 aromatic rings. The summed E-state index contributed by atoms with van der Waals surface area (Å²) in [6.07, 6.45) is 7.32. The van der Waals surface area contributed by atoms with Gasteiger partial charge in [-0.3, -0.25) is 14.6 Å². The highest BCUT2D eigenvalue weighted by Crippen LogP contribution is 2.40. The number of amides is 1. The third-order valence-corrected chi connectivity index (χ3v) is 8.35. The Bertz CT molecular complexity index is 1010. The van der Waals surface area contributed by atoms with Gasteiger partial charge in [-0.1, -0.05) is 36.4 Å². The van der Waals surface area contributed by atoms with Crippen LogP contribution in [-0.2, 0) is 17.9 Å². The topological polar surface area (TPSA) is 26.8 Å². The van der Waals surface area contributed by atoms with Crippen LogP contribution >= 0.6 is 0 Å². The molecule has 6 heteroatoms. The third-order valence-electron chi connectivity index (χ3n) is 8.35. The van der Waals surface area contributed by atoms with E-state index in [1.165, 1.54) is 49.9 Å². The molecule has 5 rings (SSSR count). The van der Waals surface area contributed by atoms with Crippen molar-refractivity contribution in [1.29, 1.82) is 0 Å². The quantitative estimate of drug-likeness (QED) is 0.586. The Morgan fingerprint density at radius 2 is 1.69 bits per heavy atom. The van der Waals surface area contributed by atoms with Gasteiger partial charge in [-0.05, 0) is 68.7 Å². The summed E-state index contributed by atoms with van der Waals surface area (Å²) in [6, 6.07) is 14.8. The Balaban J connectivity index is 1.20. The second-order valence-electron chi connectivity index (χ2n) is 10.9. The molecule has 0 N–H and O–H groups in total. The number of carbonyl (C=O) groups is 1. The first-order valence-corrected chi connectivity index (χ1v) is 13.2. The molecule has 0 radical (unpaired) electrons. The van der Waals surface area contributed by atoms with Crippen LogP contribution in [0, 0.1) is 17.0 Å². The van der Waals surface area contributed by atoms with Gasteiger partial charge in [0.05, 0.1) is 0 Å². The maximum Gasteiger partial charge on any atom is 0.222 e. The first kappa shape index (κ1) is 24.4. The van der Waals surface area contributed by atoms with Crippen molar-refractivity contribution in [3.05, 3.63) is 71.3 Å². The van der Waals surface area contributed by atoms with E-state index in [9.17, 15) is 13.6 Å². The highest BCUT2D eigenvalue weighted by Gasteiger charge is 2.41. The zero-order valence-electron chi connectivity index (χ0n) is 20.6. The van der Waals surface area contributed by atoms with Gasteiger partial charge in [-0.15, -0.1) is 0 Å². The molecule has 4 nitrogen and oxygen atoms in total. The normalized spacial score (nSPS) is 26.7. The number of halogens is 2. The van der Waals surface area contributed by atoms with Crippen molar-refractivity contribution in [2.24, 2.45) is 5.41 Å². The van der Waals surface area contributed by atoms with Crippen LogP contribution in [0.5, 0.6) is 0 Å². The van der Waals surface area contributed by atoms with E-state index in [0.717, 1.165) is 45.1 Å². The summed E-state index contributed by atoms with van der Waals surface area (Å²) in [5.74, 6) is -1.08. The largest absolute Gasteiger partial charge is 0.338 e. The Morgan fingerprint density at radius 3 is 2.49 bits per heavy atom. The van der Waals surface area contributed by atoms with E-state index in [1.54, 1.807) is 4.90 Å². The molecule has 3 aliphatic rings. The average Bonchev–Trinajstić information content (AvgIpc) is 3.03. The number of hydrogen-bond acceptors (Lipinski definition) is 3. The lowest BCUT2D eigenvalue weighted by Crippen LogP contribution is -2.54. The molecule has 3 aliphatic heterocycles. The molecule has 188 valence electrons. The highest BCUT2D eigenvalue weighted by atomic mass is 19.1. The minimum absolute atomic E-state index is 0.0784. The standard InChI is InChI=1S/C29H37F2N3O/c30-25-9-8-24(27(31)18-25)20-33-17-12-26(10-11-28(33)35)34-16-5-14-29(22-34)13-4-15-32(21-29)19-23-6-2-1-3-7-23/h1-3,6-9,18,26H,4-5,10-17,19-22H2. The zero-order chi connectivity index (χ0) is 24.3. The summed E-state index contributed by atoms with van der Waals surface area (Å²) in [7, 11) is 0. The van der Waals surface area contributed by atoms with Crippen LogP contribution in [0.15, 0.2) is 48.5 Å². The summed E-state index contributed by atoms with van der Waals surface area (Å²) in [5, 5.41) is 0. The fourth-order valence-electron chi connectivity index (χ4n) is 6.59. The number of benzene rings is 2. The molecule has 1 spiro atoms. The maximum atomic E-state index is 14.2. The molecule has 3 saturated heterocycles. The lowest BCUT2D eigenvalue weighted by atomic mass is 9.73. The van der Waals surface area contributed by atoms with E-state index in [1.807, 2.05) is 0 Å². The summed E-state index contributed by atoms with van der Waals surface area (Å²) in [4.78, 5) is 19.9. The van der Waals surface area contributed by atoms with E-state index in [4.69, 9.17) is 0 Å². The van der Waals surface area contributed by atoms with Crippen molar-refractivity contribution in [3.8, 4) is 0 Å². The van der Waals surface area contributed by atoms with Gasteiger partial charge in [0.25, 0.3) is 0 Å². The molecular weight excluding hydrogens is 444 g/mol. The Hall–Kier alpha value is -2.31. The monoisotopic (exact) mass is 481 g/mol. The van der Waals surface area contributed by atoms with Crippen molar-refractivity contribution >= 4 is 5.91 Å². The molecule has 2 unspecified atom stereocenters. The van der Waals surface area contributed by atoms with Gasteiger partial charge in [0, 0.05) is 56.8 Å². The number of rotatable bonds is 5. The van der Waals surface area contributed by atoms with Gasteiger partial charge in [-0.25, -0.2) is 8.78 Å². The lowest BCUT2D eigenvalue weighted by Gasteiger charge is -2.50. The fraction of sp³-hybridized carbons (Fsp3) is 0.552. The Morgan fingerprint density at radius 1 is 0.886 bits per heavy atom. The number of likely N-dealkylation sites (tertiary alicyclic amines) is 3. The Labute approximate surface area is 207 Å². The average molecular weight is 482 g/mol. The van der Waals surface area contributed by atoms with E-state index < -0.39 is 11.6 Å². The van der Waals surface area contributed by atoms with Crippen LogP contribution in [0.2, 0.25) is 0 Å². The second-order valence-corrected chi connectivity index (χ2v) is 10.9. The third kappa shape index (κ3) is 5.92. The Kier molecular flexibility index (Phi) is 7.49. The SMILES string of the molecule is O=C1CCC(N2CCCC3(CCCN(Cc4ccccc4)C3)C2)CCN1Cc1ccc(F)cc1F. The minimum Gasteiger partial charge on any atom is -0.338 e. The highest BCUT2D eigenvalue weighted by molar-refractivity contribution is 5.76. The number of carbonyl (C=O) groups excluding carboxylic acids is 1. The van der Waals surface area contributed by atoms with E-state index in [0.29, 0.717) is 30.0 Å². The van der Waals surface area contributed by atoms with Gasteiger partial charge < -0.3 is 4.90 Å². The molecule has 0 bridgehead atoms. The number of piperidine rings is 2. The first-order valence-electron chi connectivity index (χ1n) is 13.2. The molecule has 0 aliphatic carbocycles. The molecule has 0 aromatic heterocycles. The van der Waals surface area contributed by atoms with Gasteiger partial charge in [-0.2, -0.15) is 0 Å². The van der Waals surface area contributed by atoms with Crippen LogP contribution < -0.4 is 0 Å². The van der Waals surface area contributed by atoms with Crippen molar-refractivity contribution in [3.63, 3.8) is 0 Å². The van der Waals surface area contributed by atoms with E-state index in [-0.39, 0.29) is 12.5 Å². The predicted octanol–water partition coefficient (Wildman–Crippen LogP) is 5.22. The van der Waals surface area contributed by atoms with E-state index in [2.05, 4.69) is 40.1 Å². The molecule has 2 aromatic carbocycles. The van der Waals surface area contributed by atoms with Crippen LogP contribution in [0.1, 0.15) is 56.1 Å². The molecule has 0 saturated carbocycles. The predicted molar refractivity (Wildman–Crippen MR) is 134 cm³/mol. The summed E-state index contributed by atoms with van der Waals surface area (Å²) >= 11 is 0. The van der Waals surface area contributed by atoms with Crippen LogP contribution in [0.4, 0.5) is 8.78 Å². The fourth-order valence-corrected chi connectivity index (χ4v) is 6.59. The van der Waals surface area contributed by atoms with Crippen molar-refractivity contribution < 1.29 is 13.6 Å². The zero-order valence-corrected chi connectivity index (χ0v) is 20.6. The minimum atomic E-state index is -0.586. The smallest absolute Gasteiger partial charge is 0.222 e. The van der Waals surface area contributed by atoms with Crippen LogP contribution in [-0.4, -0.2) is 59.4 Å². The first-order chi connectivity index (χ1) is 17.0. The van der Waals surface area contributed by atoms with Crippen molar-refractivity contribution in [1.82, 2.24) is 14.7 Å². The second kappa shape index (κ2) is 10.8. The number of hydrogen-bond donors (Lipinski definition) is 0. The van der Waals surface area contributed by atoms with Gasteiger partial charge in [0.15, 0.2) is 0 Å². The summed E-state index contributed by atoms with van der Waals surface area (Å²) in [6.45, 7) is 6.41. The van der Waals surface area contributed by atoms with Crippen molar-refractivity contribution in [2.75, 3.05) is 32.7 Å². The maximum absolute atomic E-state index is 14.2. The molecule has 35 heavy (non-hydrogen) atoms.